The summed E-state index contributed by atoms with van der Waals surface area (Å²) in [5.41, 5.74) is 0.371. The van der Waals surface area contributed by atoms with Crippen molar-refractivity contribution in [2.24, 2.45) is 0 Å². The van der Waals surface area contributed by atoms with E-state index in [-0.39, 0.29) is 17.6 Å². The topological polar surface area (TPSA) is 63.2 Å². The number of halogens is 4. The lowest BCUT2D eigenvalue weighted by Crippen LogP contribution is -2.15. The van der Waals surface area contributed by atoms with Crippen LogP contribution < -0.4 is 15.4 Å². The van der Waals surface area contributed by atoms with E-state index in [4.69, 9.17) is 4.74 Å². The van der Waals surface area contributed by atoms with E-state index in [1.165, 1.54) is 18.3 Å². The number of hydrogen-bond donors (Lipinski definition) is 2. The fourth-order valence-corrected chi connectivity index (χ4v) is 2.62. The number of carbonyl (C=O) groups excluding carboxylic acids is 1. The maximum absolute atomic E-state index is 13.9. The van der Waals surface area contributed by atoms with Crippen LogP contribution in [0.25, 0.3) is 0 Å². The quantitative estimate of drug-likeness (QED) is 0.526. The number of benzene rings is 2. The average molecular weight is 419 g/mol. The molecular formula is C21H17F4N3O2. The Morgan fingerprint density at radius 1 is 1.03 bits per heavy atom. The Morgan fingerprint density at radius 2 is 1.77 bits per heavy atom. The van der Waals surface area contributed by atoms with Crippen molar-refractivity contribution in [1.29, 1.82) is 0 Å². The van der Waals surface area contributed by atoms with Crippen LogP contribution in [-0.4, -0.2) is 17.9 Å². The van der Waals surface area contributed by atoms with Gasteiger partial charge in [0.2, 0.25) is 5.88 Å². The third-order valence-corrected chi connectivity index (χ3v) is 4.21. The Bertz CT molecular complexity index is 1070. The minimum Gasteiger partial charge on any atom is -0.439 e. The van der Waals surface area contributed by atoms with Gasteiger partial charge < -0.3 is 15.4 Å². The number of nitrogens with one attached hydrogen (secondary N) is 2. The van der Waals surface area contributed by atoms with Crippen LogP contribution >= 0.6 is 0 Å². The first-order valence-corrected chi connectivity index (χ1v) is 8.78. The SMILES string of the molecule is CNc1ccc(Oc2ccc(NC(=O)c3ccc(C(F)(F)F)cc3F)cn2)c(C)c1. The van der Waals surface area contributed by atoms with Crippen molar-refractivity contribution in [2.45, 2.75) is 13.1 Å². The van der Waals surface area contributed by atoms with E-state index in [1.807, 2.05) is 19.1 Å². The molecule has 0 fully saturated rings. The first-order chi connectivity index (χ1) is 14.2. The first-order valence-electron chi connectivity index (χ1n) is 8.78. The van der Waals surface area contributed by atoms with Crippen LogP contribution in [0.5, 0.6) is 11.6 Å². The second-order valence-electron chi connectivity index (χ2n) is 6.36. The number of hydrogen-bond acceptors (Lipinski definition) is 4. The molecule has 0 saturated heterocycles. The molecule has 2 aromatic carbocycles. The van der Waals surface area contributed by atoms with Gasteiger partial charge in [-0.2, -0.15) is 13.2 Å². The maximum Gasteiger partial charge on any atom is 0.416 e. The van der Waals surface area contributed by atoms with Crippen LogP contribution in [0.1, 0.15) is 21.5 Å². The molecule has 1 amide bonds. The van der Waals surface area contributed by atoms with E-state index in [0.29, 0.717) is 11.8 Å². The fraction of sp³-hybridized carbons (Fsp3) is 0.143. The van der Waals surface area contributed by atoms with E-state index in [2.05, 4.69) is 15.6 Å². The van der Waals surface area contributed by atoms with E-state index >= 15 is 0 Å². The Hall–Kier alpha value is -3.62. The van der Waals surface area contributed by atoms with E-state index < -0.39 is 29.0 Å². The molecule has 2 N–H and O–H groups in total. The third-order valence-electron chi connectivity index (χ3n) is 4.21. The minimum atomic E-state index is -4.69. The molecule has 156 valence electrons. The molecule has 0 radical (unpaired) electrons. The van der Waals surface area contributed by atoms with Gasteiger partial charge in [-0.05, 0) is 55.0 Å². The second kappa shape index (κ2) is 8.40. The summed E-state index contributed by atoms with van der Waals surface area (Å²) in [5, 5.41) is 5.41. The highest BCUT2D eigenvalue weighted by Crippen LogP contribution is 2.30. The summed E-state index contributed by atoms with van der Waals surface area (Å²) in [7, 11) is 1.81. The molecule has 9 heteroatoms. The number of alkyl halides is 3. The van der Waals surface area contributed by atoms with Crippen LogP contribution in [-0.2, 0) is 6.18 Å². The second-order valence-corrected chi connectivity index (χ2v) is 6.36. The molecule has 3 rings (SSSR count). The van der Waals surface area contributed by atoms with Crippen molar-refractivity contribution in [1.82, 2.24) is 4.98 Å². The van der Waals surface area contributed by atoms with Gasteiger partial charge in [0, 0.05) is 18.8 Å². The molecule has 3 aromatic rings. The summed E-state index contributed by atoms with van der Waals surface area (Å²) in [6.07, 6.45) is -3.39. The highest BCUT2D eigenvalue weighted by Gasteiger charge is 2.31. The van der Waals surface area contributed by atoms with E-state index in [9.17, 15) is 22.4 Å². The summed E-state index contributed by atoms with van der Waals surface area (Å²) in [5.74, 6) is -1.29. The molecule has 0 spiro atoms. The van der Waals surface area contributed by atoms with Gasteiger partial charge in [0.05, 0.1) is 23.0 Å². The zero-order valence-corrected chi connectivity index (χ0v) is 16.0. The summed E-state index contributed by atoms with van der Waals surface area (Å²) < 4.78 is 57.5. The number of anilines is 2. The molecule has 0 unspecified atom stereocenters. The molecule has 0 atom stereocenters. The van der Waals surface area contributed by atoms with Crippen molar-refractivity contribution >= 4 is 17.3 Å². The smallest absolute Gasteiger partial charge is 0.416 e. The van der Waals surface area contributed by atoms with Crippen LogP contribution in [0.15, 0.2) is 54.7 Å². The molecule has 0 aliphatic heterocycles. The van der Waals surface area contributed by atoms with Crippen molar-refractivity contribution in [2.75, 3.05) is 17.7 Å². The average Bonchev–Trinajstić information content (AvgIpc) is 2.70. The van der Waals surface area contributed by atoms with Gasteiger partial charge in [0.15, 0.2) is 0 Å². The molecule has 0 aliphatic rings. The molecule has 1 heterocycles. The predicted octanol–water partition coefficient (Wildman–Crippen LogP) is 5.63. The number of pyridine rings is 1. The lowest BCUT2D eigenvalue weighted by atomic mass is 10.1. The number of ether oxygens (including phenoxy) is 1. The number of aromatic nitrogens is 1. The summed E-state index contributed by atoms with van der Waals surface area (Å²) >= 11 is 0. The first kappa shape index (κ1) is 21.1. The lowest BCUT2D eigenvalue weighted by molar-refractivity contribution is -0.137. The monoisotopic (exact) mass is 419 g/mol. The highest BCUT2D eigenvalue weighted by molar-refractivity contribution is 6.04. The van der Waals surface area contributed by atoms with E-state index in [1.54, 1.807) is 13.1 Å². The molecule has 0 aliphatic carbocycles. The van der Waals surface area contributed by atoms with Gasteiger partial charge in [0.25, 0.3) is 5.91 Å². The van der Waals surface area contributed by atoms with Gasteiger partial charge in [-0.1, -0.05) is 0 Å². The number of carbonyl (C=O) groups is 1. The fourth-order valence-electron chi connectivity index (χ4n) is 2.62. The molecule has 0 saturated carbocycles. The van der Waals surface area contributed by atoms with E-state index in [0.717, 1.165) is 17.3 Å². The molecule has 1 aromatic heterocycles. The van der Waals surface area contributed by atoms with Crippen molar-refractivity contribution in [3.05, 3.63) is 77.2 Å². The molecule has 5 nitrogen and oxygen atoms in total. The lowest BCUT2D eigenvalue weighted by Gasteiger charge is -2.11. The Kier molecular flexibility index (Phi) is 5.91. The number of aryl methyl sites for hydroxylation is 1. The summed E-state index contributed by atoms with van der Waals surface area (Å²) in [6.45, 7) is 1.88. The number of rotatable bonds is 5. The Balaban J connectivity index is 1.69. The van der Waals surface area contributed by atoms with Crippen molar-refractivity contribution in [3.8, 4) is 11.6 Å². The number of nitrogens with zero attached hydrogens (tertiary/aromatic N) is 1. The predicted molar refractivity (Wildman–Crippen MR) is 104 cm³/mol. The third kappa shape index (κ3) is 4.86. The zero-order valence-electron chi connectivity index (χ0n) is 16.0. The highest BCUT2D eigenvalue weighted by atomic mass is 19.4. The van der Waals surface area contributed by atoms with Gasteiger partial charge in [-0.15, -0.1) is 0 Å². The molecule has 0 bridgehead atoms. The van der Waals surface area contributed by atoms with Gasteiger partial charge in [-0.3, -0.25) is 4.79 Å². The van der Waals surface area contributed by atoms with Crippen LogP contribution in [0, 0.1) is 12.7 Å². The Labute approximate surface area is 169 Å². The van der Waals surface area contributed by atoms with Crippen LogP contribution in [0.4, 0.5) is 28.9 Å². The van der Waals surface area contributed by atoms with Crippen molar-refractivity contribution < 1.29 is 27.1 Å². The summed E-state index contributed by atoms with van der Waals surface area (Å²) in [6, 6.07) is 10.2. The number of amides is 1. The standard InChI is InChI=1S/C21H17F4N3O2/c1-12-9-14(26-2)4-7-18(12)30-19-8-5-15(11-27-19)28-20(29)16-6-3-13(10-17(16)22)21(23,24)25/h3-11,26H,1-2H3,(H,28,29). The van der Waals surface area contributed by atoms with Crippen LogP contribution in [0.3, 0.4) is 0 Å². The Morgan fingerprint density at radius 3 is 2.33 bits per heavy atom. The van der Waals surface area contributed by atoms with Crippen LogP contribution in [0.2, 0.25) is 0 Å². The largest absolute Gasteiger partial charge is 0.439 e. The minimum absolute atomic E-state index is 0.230. The maximum atomic E-state index is 13.9. The molecule has 30 heavy (non-hydrogen) atoms. The normalized spacial score (nSPS) is 11.1. The van der Waals surface area contributed by atoms with Gasteiger partial charge in [0.1, 0.15) is 11.6 Å². The molecular weight excluding hydrogens is 402 g/mol. The van der Waals surface area contributed by atoms with Crippen molar-refractivity contribution in [3.63, 3.8) is 0 Å². The van der Waals surface area contributed by atoms with Gasteiger partial charge in [-0.25, -0.2) is 9.37 Å². The van der Waals surface area contributed by atoms with Gasteiger partial charge >= 0.3 is 6.18 Å². The summed E-state index contributed by atoms with van der Waals surface area (Å²) in [4.78, 5) is 16.3. The zero-order chi connectivity index (χ0) is 21.9.